The summed E-state index contributed by atoms with van der Waals surface area (Å²) in [5, 5.41) is 9.49. The van der Waals surface area contributed by atoms with Crippen LogP contribution in [0.15, 0.2) is 31.0 Å². The predicted molar refractivity (Wildman–Crippen MR) is 75.1 cm³/mol. The minimum atomic E-state index is -0.263. The Morgan fingerprint density at radius 1 is 1.48 bits per heavy atom. The molecule has 0 aliphatic carbocycles. The molecule has 0 aromatic carbocycles. The molecule has 3 heterocycles. The molecule has 2 aromatic rings. The zero-order chi connectivity index (χ0) is 14.5. The molecule has 1 aliphatic heterocycles. The number of ether oxygens (including phenoxy) is 1. The number of pyridine rings is 1. The highest BCUT2D eigenvalue weighted by molar-refractivity contribution is 5.89. The summed E-state index contributed by atoms with van der Waals surface area (Å²) in [6, 6.07) is 3.25. The monoisotopic (exact) mass is 288 g/mol. The van der Waals surface area contributed by atoms with E-state index in [0.717, 1.165) is 19.4 Å². The van der Waals surface area contributed by atoms with Crippen molar-refractivity contribution < 1.29 is 9.53 Å². The summed E-state index contributed by atoms with van der Waals surface area (Å²) in [7, 11) is 0. The van der Waals surface area contributed by atoms with E-state index in [0.29, 0.717) is 18.1 Å². The largest absolute Gasteiger partial charge is 0.376 e. The van der Waals surface area contributed by atoms with E-state index in [2.05, 4.69) is 25.7 Å². The van der Waals surface area contributed by atoms with Gasteiger partial charge in [-0.15, -0.1) is 0 Å². The molecule has 1 aliphatic rings. The van der Waals surface area contributed by atoms with E-state index in [4.69, 9.17) is 4.74 Å². The van der Waals surface area contributed by atoms with Crippen LogP contribution in [0, 0.1) is 0 Å². The lowest BCUT2D eigenvalue weighted by Crippen LogP contribution is -2.35. The number of carbonyl (C=O) groups excluding carboxylic acids is 1. The first-order chi connectivity index (χ1) is 10.3. The van der Waals surface area contributed by atoms with Gasteiger partial charge in [-0.25, -0.2) is 19.4 Å². The maximum Gasteiger partial charge on any atom is 0.319 e. The topological polar surface area (TPSA) is 94.0 Å². The molecular formula is C13H16N6O2. The fourth-order valence-corrected chi connectivity index (χ4v) is 2.11. The van der Waals surface area contributed by atoms with Gasteiger partial charge < -0.3 is 15.4 Å². The van der Waals surface area contributed by atoms with Crippen molar-refractivity contribution in [2.45, 2.75) is 18.9 Å². The Bertz CT molecular complexity index is 577. The third kappa shape index (κ3) is 3.54. The summed E-state index contributed by atoms with van der Waals surface area (Å²) < 4.78 is 6.98. The number of hydrogen-bond donors (Lipinski definition) is 2. The summed E-state index contributed by atoms with van der Waals surface area (Å²) >= 11 is 0. The van der Waals surface area contributed by atoms with Gasteiger partial charge in [0.1, 0.15) is 12.7 Å². The van der Waals surface area contributed by atoms with Gasteiger partial charge in [0.2, 0.25) is 0 Å². The molecule has 8 nitrogen and oxygen atoms in total. The van der Waals surface area contributed by atoms with E-state index in [1.807, 2.05) is 0 Å². The van der Waals surface area contributed by atoms with Crippen molar-refractivity contribution in [2.75, 3.05) is 18.5 Å². The number of amides is 2. The van der Waals surface area contributed by atoms with E-state index in [1.54, 1.807) is 29.3 Å². The van der Waals surface area contributed by atoms with Crippen LogP contribution in [-0.4, -0.2) is 45.0 Å². The van der Waals surface area contributed by atoms with Crippen molar-refractivity contribution in [3.63, 3.8) is 0 Å². The van der Waals surface area contributed by atoms with Crippen LogP contribution in [0.4, 0.5) is 10.5 Å². The molecule has 2 aromatic heterocycles. The van der Waals surface area contributed by atoms with Gasteiger partial charge in [-0.2, -0.15) is 5.10 Å². The fraction of sp³-hybridized carbons (Fsp3) is 0.385. The zero-order valence-electron chi connectivity index (χ0n) is 11.4. The van der Waals surface area contributed by atoms with Crippen molar-refractivity contribution in [2.24, 2.45) is 0 Å². The van der Waals surface area contributed by atoms with E-state index in [9.17, 15) is 4.79 Å². The van der Waals surface area contributed by atoms with E-state index in [1.165, 1.54) is 6.33 Å². The van der Waals surface area contributed by atoms with E-state index >= 15 is 0 Å². The standard InChI is InChI=1S/C13H16N6O2/c20-13(16-7-11-2-1-5-21-11)18-10-3-4-12(15-6-10)19-9-14-8-17-19/h3-4,6,8-9,11H,1-2,5,7H2,(H2,16,18,20). The molecule has 1 fully saturated rings. The Labute approximate surface area is 121 Å². The summed E-state index contributed by atoms with van der Waals surface area (Å²) in [6.45, 7) is 1.30. The van der Waals surface area contributed by atoms with Crippen LogP contribution in [0.2, 0.25) is 0 Å². The van der Waals surface area contributed by atoms with E-state index < -0.39 is 0 Å². The Morgan fingerprint density at radius 3 is 3.10 bits per heavy atom. The summed E-state index contributed by atoms with van der Waals surface area (Å²) in [5.74, 6) is 0.637. The van der Waals surface area contributed by atoms with Crippen molar-refractivity contribution in [1.82, 2.24) is 25.1 Å². The first-order valence-electron chi connectivity index (χ1n) is 6.79. The molecule has 1 unspecified atom stereocenters. The van der Waals surface area contributed by atoms with Gasteiger partial charge in [-0.1, -0.05) is 0 Å². The van der Waals surface area contributed by atoms with Gasteiger partial charge in [0.05, 0.1) is 18.0 Å². The molecule has 0 saturated carbocycles. The lowest BCUT2D eigenvalue weighted by Gasteiger charge is -2.11. The minimum absolute atomic E-state index is 0.128. The Morgan fingerprint density at radius 2 is 2.43 bits per heavy atom. The van der Waals surface area contributed by atoms with Gasteiger partial charge in [0.25, 0.3) is 0 Å². The zero-order valence-corrected chi connectivity index (χ0v) is 11.4. The van der Waals surface area contributed by atoms with Gasteiger partial charge in [0.15, 0.2) is 5.82 Å². The lowest BCUT2D eigenvalue weighted by atomic mass is 10.2. The Hall–Kier alpha value is -2.48. The number of nitrogens with zero attached hydrogens (tertiary/aromatic N) is 4. The summed E-state index contributed by atoms with van der Waals surface area (Å²) in [6.07, 6.45) is 6.75. The van der Waals surface area contributed by atoms with Crippen LogP contribution in [0.25, 0.3) is 5.82 Å². The predicted octanol–water partition coefficient (Wildman–Crippen LogP) is 0.963. The molecule has 2 amide bonds. The number of urea groups is 1. The number of carbonyl (C=O) groups is 1. The number of aromatic nitrogens is 4. The number of nitrogens with one attached hydrogen (secondary N) is 2. The Kier molecular flexibility index (Phi) is 4.06. The molecular weight excluding hydrogens is 272 g/mol. The molecule has 110 valence electrons. The third-order valence-corrected chi connectivity index (χ3v) is 3.17. The number of hydrogen-bond acceptors (Lipinski definition) is 5. The minimum Gasteiger partial charge on any atom is -0.376 e. The highest BCUT2D eigenvalue weighted by atomic mass is 16.5. The molecule has 8 heteroatoms. The van der Waals surface area contributed by atoms with Crippen LogP contribution >= 0.6 is 0 Å². The second-order valence-corrected chi connectivity index (χ2v) is 4.72. The van der Waals surface area contributed by atoms with Crippen molar-refractivity contribution >= 4 is 11.7 Å². The second-order valence-electron chi connectivity index (χ2n) is 4.72. The molecule has 0 radical (unpaired) electrons. The average molecular weight is 288 g/mol. The molecule has 3 rings (SSSR count). The highest BCUT2D eigenvalue weighted by Crippen LogP contribution is 2.11. The van der Waals surface area contributed by atoms with E-state index in [-0.39, 0.29) is 12.1 Å². The van der Waals surface area contributed by atoms with Crippen molar-refractivity contribution in [1.29, 1.82) is 0 Å². The van der Waals surface area contributed by atoms with Gasteiger partial charge in [-0.3, -0.25) is 0 Å². The maximum atomic E-state index is 11.7. The van der Waals surface area contributed by atoms with Crippen molar-refractivity contribution in [3.05, 3.63) is 31.0 Å². The van der Waals surface area contributed by atoms with Crippen molar-refractivity contribution in [3.8, 4) is 5.82 Å². The second kappa shape index (κ2) is 6.31. The molecule has 2 N–H and O–H groups in total. The van der Waals surface area contributed by atoms with Crippen LogP contribution in [0.3, 0.4) is 0 Å². The Balaban J connectivity index is 1.51. The highest BCUT2D eigenvalue weighted by Gasteiger charge is 2.16. The first-order valence-corrected chi connectivity index (χ1v) is 6.79. The smallest absolute Gasteiger partial charge is 0.319 e. The van der Waals surface area contributed by atoms with Crippen LogP contribution in [-0.2, 0) is 4.74 Å². The SMILES string of the molecule is O=C(NCC1CCCO1)Nc1ccc(-n2cncn2)nc1. The normalized spacial score (nSPS) is 17.6. The molecule has 0 spiro atoms. The number of anilines is 1. The maximum absolute atomic E-state index is 11.7. The molecule has 0 bridgehead atoms. The first kappa shape index (κ1) is 13.5. The van der Waals surface area contributed by atoms with Crippen LogP contribution < -0.4 is 10.6 Å². The van der Waals surface area contributed by atoms with Gasteiger partial charge >= 0.3 is 6.03 Å². The van der Waals surface area contributed by atoms with Crippen LogP contribution in [0.1, 0.15) is 12.8 Å². The quantitative estimate of drug-likeness (QED) is 0.874. The third-order valence-electron chi connectivity index (χ3n) is 3.17. The summed E-state index contributed by atoms with van der Waals surface area (Å²) in [4.78, 5) is 19.8. The fourth-order valence-electron chi connectivity index (χ4n) is 2.11. The van der Waals surface area contributed by atoms with Crippen LogP contribution in [0.5, 0.6) is 0 Å². The number of rotatable bonds is 4. The lowest BCUT2D eigenvalue weighted by molar-refractivity contribution is 0.112. The average Bonchev–Trinajstić information content (AvgIpc) is 3.19. The van der Waals surface area contributed by atoms with Gasteiger partial charge in [-0.05, 0) is 25.0 Å². The molecule has 1 atom stereocenters. The molecule has 21 heavy (non-hydrogen) atoms. The molecule has 1 saturated heterocycles. The summed E-state index contributed by atoms with van der Waals surface area (Å²) in [5.41, 5.74) is 0.615. The van der Waals surface area contributed by atoms with Gasteiger partial charge in [0, 0.05) is 13.2 Å².